The van der Waals surface area contributed by atoms with E-state index in [1.165, 1.54) is 38.8 Å². The van der Waals surface area contributed by atoms with Crippen LogP contribution in [0.25, 0.3) is 0 Å². The molecule has 4 heterocycles. The van der Waals surface area contributed by atoms with Gasteiger partial charge in [-0.25, -0.2) is 0 Å². The average Bonchev–Trinajstić information content (AvgIpc) is 3.26. The molecule has 3 aliphatic rings. The van der Waals surface area contributed by atoms with Gasteiger partial charge in [0.15, 0.2) is 5.76 Å². The highest BCUT2D eigenvalue weighted by atomic mass is 16.5. The largest absolute Gasteiger partial charge is 0.459 e. The quantitative estimate of drug-likeness (QED) is 0.854. The summed E-state index contributed by atoms with van der Waals surface area (Å²) >= 11 is 0. The van der Waals surface area contributed by atoms with E-state index in [0.29, 0.717) is 11.2 Å². The van der Waals surface area contributed by atoms with E-state index in [1.54, 1.807) is 18.4 Å². The van der Waals surface area contributed by atoms with E-state index in [-0.39, 0.29) is 5.91 Å². The van der Waals surface area contributed by atoms with E-state index >= 15 is 0 Å². The Morgan fingerprint density at radius 3 is 2.88 bits per heavy atom. The van der Waals surface area contributed by atoms with Gasteiger partial charge in [-0.05, 0) is 56.7 Å². The number of hydrogen-bond donors (Lipinski definition) is 0. The number of carbonyl (C=O) groups excluding carboxylic acids is 1. The summed E-state index contributed by atoms with van der Waals surface area (Å²) in [4.78, 5) is 17.2. The summed E-state index contributed by atoms with van der Waals surface area (Å²) in [7, 11) is 0. The lowest BCUT2D eigenvalue weighted by Crippen LogP contribution is -2.47. The highest BCUT2D eigenvalue weighted by molar-refractivity contribution is 5.91. The van der Waals surface area contributed by atoms with Crippen molar-refractivity contribution in [2.75, 3.05) is 45.9 Å². The van der Waals surface area contributed by atoms with Crippen LogP contribution in [0.2, 0.25) is 0 Å². The normalized spacial score (nSPS) is 29.4. The van der Waals surface area contributed by atoms with Crippen molar-refractivity contribution in [3.8, 4) is 0 Å². The number of amides is 1. The van der Waals surface area contributed by atoms with Crippen molar-refractivity contribution in [3.63, 3.8) is 0 Å². The molecule has 5 nitrogen and oxygen atoms in total. The van der Waals surface area contributed by atoms with Crippen LogP contribution in [-0.4, -0.2) is 61.6 Å². The molecule has 0 radical (unpaired) electrons. The van der Waals surface area contributed by atoms with Crippen molar-refractivity contribution in [1.82, 2.24) is 9.80 Å². The molecule has 3 saturated heterocycles. The molecule has 1 aromatic heterocycles. The molecule has 4 rings (SSSR count). The Labute approximate surface area is 143 Å². The minimum atomic E-state index is 0.0541. The summed E-state index contributed by atoms with van der Waals surface area (Å²) in [5.41, 5.74) is 0.297. The predicted octanol–water partition coefficient (Wildman–Crippen LogP) is 2.63. The van der Waals surface area contributed by atoms with Gasteiger partial charge in [-0.2, -0.15) is 0 Å². The van der Waals surface area contributed by atoms with E-state index in [4.69, 9.17) is 9.15 Å². The lowest BCUT2D eigenvalue weighted by atomic mass is 9.79. The Morgan fingerprint density at radius 2 is 2.08 bits per heavy atom. The number of carbonyl (C=O) groups is 1. The minimum Gasteiger partial charge on any atom is -0.459 e. The zero-order valence-corrected chi connectivity index (χ0v) is 14.4. The van der Waals surface area contributed by atoms with Crippen molar-refractivity contribution in [2.45, 2.75) is 32.1 Å². The van der Waals surface area contributed by atoms with Crippen molar-refractivity contribution in [2.24, 2.45) is 11.3 Å². The van der Waals surface area contributed by atoms with Gasteiger partial charge < -0.3 is 19.0 Å². The molecule has 0 aromatic carbocycles. The van der Waals surface area contributed by atoms with Gasteiger partial charge in [0.05, 0.1) is 6.26 Å². The zero-order chi connectivity index (χ0) is 16.4. The van der Waals surface area contributed by atoms with E-state index in [1.807, 2.05) is 4.90 Å². The van der Waals surface area contributed by atoms with Crippen LogP contribution in [0.1, 0.15) is 42.7 Å². The molecule has 1 amide bonds. The van der Waals surface area contributed by atoms with Crippen LogP contribution in [0.4, 0.5) is 0 Å². The van der Waals surface area contributed by atoms with Crippen LogP contribution >= 0.6 is 0 Å². The smallest absolute Gasteiger partial charge is 0.289 e. The lowest BCUT2D eigenvalue weighted by molar-refractivity contribution is 0.0307. The Balaban J connectivity index is 1.36. The first-order chi connectivity index (χ1) is 11.7. The van der Waals surface area contributed by atoms with Crippen LogP contribution in [0, 0.1) is 11.3 Å². The first-order valence-electron chi connectivity index (χ1n) is 9.37. The maximum absolute atomic E-state index is 12.5. The van der Waals surface area contributed by atoms with E-state index < -0.39 is 0 Å². The molecule has 24 heavy (non-hydrogen) atoms. The second kappa shape index (κ2) is 6.89. The Kier molecular flexibility index (Phi) is 4.63. The summed E-state index contributed by atoms with van der Waals surface area (Å²) in [6.45, 7) is 7.17. The van der Waals surface area contributed by atoms with Gasteiger partial charge in [0, 0.05) is 44.8 Å². The molecule has 3 fully saturated rings. The highest BCUT2D eigenvalue weighted by Gasteiger charge is 2.43. The molecule has 0 aliphatic carbocycles. The second-order valence-corrected chi connectivity index (χ2v) is 7.85. The molecule has 0 bridgehead atoms. The van der Waals surface area contributed by atoms with Gasteiger partial charge >= 0.3 is 0 Å². The maximum Gasteiger partial charge on any atom is 0.289 e. The van der Waals surface area contributed by atoms with E-state index in [0.717, 1.165) is 45.2 Å². The molecule has 132 valence electrons. The van der Waals surface area contributed by atoms with E-state index in [9.17, 15) is 4.79 Å². The first kappa shape index (κ1) is 16.2. The van der Waals surface area contributed by atoms with Crippen LogP contribution in [-0.2, 0) is 4.74 Å². The fourth-order valence-corrected chi connectivity index (χ4v) is 4.76. The third-order valence-electron chi connectivity index (χ3n) is 6.06. The Morgan fingerprint density at radius 1 is 1.21 bits per heavy atom. The summed E-state index contributed by atoms with van der Waals surface area (Å²) in [6, 6.07) is 3.56. The third kappa shape index (κ3) is 3.38. The van der Waals surface area contributed by atoms with Crippen LogP contribution < -0.4 is 0 Å². The summed E-state index contributed by atoms with van der Waals surface area (Å²) < 4.78 is 10.8. The lowest BCUT2D eigenvalue weighted by Gasteiger charge is -2.42. The van der Waals surface area contributed by atoms with Gasteiger partial charge in [-0.15, -0.1) is 0 Å². The second-order valence-electron chi connectivity index (χ2n) is 7.85. The number of hydrogen-bond acceptors (Lipinski definition) is 4. The number of ether oxygens (including phenoxy) is 1. The molecular formula is C19H28N2O3. The minimum absolute atomic E-state index is 0.0541. The maximum atomic E-state index is 12.5. The van der Waals surface area contributed by atoms with Crippen LogP contribution in [0.3, 0.4) is 0 Å². The number of rotatable bonds is 3. The molecule has 0 unspecified atom stereocenters. The Bertz CT molecular complexity index is 553. The molecule has 0 N–H and O–H groups in total. The van der Waals surface area contributed by atoms with Gasteiger partial charge in [0.2, 0.25) is 0 Å². The SMILES string of the molecule is O=C(c1ccco1)N1CC[C@@]2(CCCN(CC3CCOCC3)C2)C1. The van der Waals surface area contributed by atoms with E-state index in [2.05, 4.69) is 4.90 Å². The average molecular weight is 332 g/mol. The molecule has 1 spiro atoms. The summed E-state index contributed by atoms with van der Waals surface area (Å²) in [5, 5.41) is 0. The van der Waals surface area contributed by atoms with Crippen LogP contribution in [0.15, 0.2) is 22.8 Å². The fourth-order valence-electron chi connectivity index (χ4n) is 4.76. The monoisotopic (exact) mass is 332 g/mol. The van der Waals surface area contributed by atoms with Gasteiger partial charge in [0.1, 0.15) is 0 Å². The summed E-state index contributed by atoms with van der Waals surface area (Å²) in [5.74, 6) is 1.32. The molecular weight excluding hydrogens is 304 g/mol. The highest BCUT2D eigenvalue weighted by Crippen LogP contribution is 2.39. The number of furan rings is 1. The van der Waals surface area contributed by atoms with Crippen molar-refractivity contribution >= 4 is 5.91 Å². The van der Waals surface area contributed by atoms with Crippen LogP contribution in [0.5, 0.6) is 0 Å². The zero-order valence-electron chi connectivity index (χ0n) is 14.4. The Hall–Kier alpha value is -1.33. The topological polar surface area (TPSA) is 45.9 Å². The number of nitrogens with zero attached hydrogens (tertiary/aromatic N) is 2. The van der Waals surface area contributed by atoms with Crippen molar-refractivity contribution in [1.29, 1.82) is 0 Å². The third-order valence-corrected chi connectivity index (χ3v) is 6.06. The number of piperidine rings is 1. The standard InChI is InChI=1S/C19H28N2O3/c22-18(17-3-1-10-24-17)21-9-7-19(15-21)6-2-8-20(14-19)13-16-4-11-23-12-5-16/h1,3,10,16H,2,4-9,11-15H2/t19-/m1/s1. The predicted molar refractivity (Wildman–Crippen MR) is 90.9 cm³/mol. The molecule has 1 atom stereocenters. The van der Waals surface area contributed by atoms with Crippen molar-refractivity contribution in [3.05, 3.63) is 24.2 Å². The van der Waals surface area contributed by atoms with Crippen molar-refractivity contribution < 1.29 is 13.9 Å². The fraction of sp³-hybridized carbons (Fsp3) is 0.737. The molecule has 1 aromatic rings. The molecule has 3 aliphatic heterocycles. The first-order valence-corrected chi connectivity index (χ1v) is 9.37. The van der Waals surface area contributed by atoms with Gasteiger partial charge in [-0.1, -0.05) is 0 Å². The molecule has 5 heteroatoms. The van der Waals surface area contributed by atoms with Gasteiger partial charge in [0.25, 0.3) is 5.91 Å². The number of likely N-dealkylation sites (tertiary alicyclic amines) is 2. The summed E-state index contributed by atoms with van der Waals surface area (Å²) in [6.07, 6.45) is 7.61. The molecule has 0 saturated carbocycles. The van der Waals surface area contributed by atoms with Gasteiger partial charge in [-0.3, -0.25) is 4.79 Å².